The molecular weight excluding hydrogens is 380 g/mol. The summed E-state index contributed by atoms with van der Waals surface area (Å²) < 4.78 is 0. The maximum Gasteiger partial charge on any atom is 0.324 e. The second kappa shape index (κ2) is 7.80. The number of carbonyl (C=O) groups excluding carboxylic acids is 2. The van der Waals surface area contributed by atoms with Gasteiger partial charge in [-0.3, -0.25) is 24.6 Å². The van der Waals surface area contributed by atoms with Crippen LogP contribution in [-0.2, 0) is 14.4 Å². The number of hydrogen-bond acceptors (Lipinski definition) is 4. The van der Waals surface area contributed by atoms with Crippen molar-refractivity contribution < 1.29 is 19.5 Å². The highest BCUT2D eigenvalue weighted by molar-refractivity contribution is 6.09. The second-order valence-electron chi connectivity index (χ2n) is 9.69. The number of nitrogens with one attached hydrogen (secondary N) is 1. The number of amides is 2. The third-order valence-corrected chi connectivity index (χ3v) is 7.26. The predicted octanol–water partition coefficient (Wildman–Crippen LogP) is 3.44. The standard InChI is InChI=1S/C24H32N2O4/c1-14(2)13-24(23(29)30)19-18(20(25-24)17-12-8-7-9-15(17)3)21(27)26(22(19)28)16-10-5-4-6-11-16/h7-9,12,14,16,18-20,25H,4-6,10-11,13H2,1-3H3,(H,29,30). The zero-order valence-electron chi connectivity index (χ0n) is 18.1. The first-order valence-corrected chi connectivity index (χ1v) is 11.2. The van der Waals surface area contributed by atoms with Crippen LogP contribution in [0.2, 0.25) is 0 Å². The third-order valence-electron chi connectivity index (χ3n) is 7.26. The molecule has 1 saturated carbocycles. The molecule has 3 fully saturated rings. The summed E-state index contributed by atoms with van der Waals surface area (Å²) in [5.41, 5.74) is 0.476. The number of benzene rings is 1. The Morgan fingerprint density at radius 2 is 1.83 bits per heavy atom. The molecule has 162 valence electrons. The van der Waals surface area contributed by atoms with Crippen molar-refractivity contribution in [1.82, 2.24) is 10.2 Å². The summed E-state index contributed by atoms with van der Waals surface area (Å²) in [6.07, 6.45) is 5.09. The van der Waals surface area contributed by atoms with Gasteiger partial charge in [0.2, 0.25) is 11.8 Å². The van der Waals surface area contributed by atoms with Gasteiger partial charge < -0.3 is 5.11 Å². The van der Waals surface area contributed by atoms with Crippen LogP contribution in [0.4, 0.5) is 0 Å². The van der Waals surface area contributed by atoms with Gasteiger partial charge in [0.05, 0.1) is 11.8 Å². The lowest BCUT2D eigenvalue weighted by atomic mass is 9.75. The molecule has 1 aromatic rings. The second-order valence-corrected chi connectivity index (χ2v) is 9.69. The molecule has 6 heteroatoms. The Morgan fingerprint density at radius 3 is 2.43 bits per heavy atom. The zero-order valence-corrected chi connectivity index (χ0v) is 18.1. The molecule has 6 nitrogen and oxygen atoms in total. The lowest BCUT2D eigenvalue weighted by molar-refractivity contribution is -0.153. The number of hydrogen-bond donors (Lipinski definition) is 2. The third kappa shape index (κ3) is 3.16. The van der Waals surface area contributed by atoms with Gasteiger partial charge in [-0.05, 0) is 43.2 Å². The van der Waals surface area contributed by atoms with Crippen molar-refractivity contribution in [2.45, 2.75) is 76.9 Å². The van der Waals surface area contributed by atoms with Crippen LogP contribution in [0.5, 0.6) is 0 Å². The predicted molar refractivity (Wildman–Crippen MR) is 113 cm³/mol. The van der Waals surface area contributed by atoms with Crippen LogP contribution in [0.15, 0.2) is 24.3 Å². The average Bonchev–Trinajstić information content (AvgIpc) is 3.17. The van der Waals surface area contributed by atoms with E-state index in [4.69, 9.17) is 0 Å². The maximum atomic E-state index is 13.7. The summed E-state index contributed by atoms with van der Waals surface area (Å²) in [6.45, 7) is 5.89. The van der Waals surface area contributed by atoms with Gasteiger partial charge in [-0.1, -0.05) is 57.4 Å². The number of aryl methyl sites for hydroxylation is 1. The van der Waals surface area contributed by atoms with Gasteiger partial charge >= 0.3 is 5.97 Å². The van der Waals surface area contributed by atoms with E-state index in [2.05, 4.69) is 5.32 Å². The lowest BCUT2D eigenvalue weighted by Gasteiger charge is -2.35. The Labute approximate surface area is 178 Å². The monoisotopic (exact) mass is 412 g/mol. The van der Waals surface area contributed by atoms with E-state index in [1.54, 1.807) is 0 Å². The van der Waals surface area contributed by atoms with Crippen molar-refractivity contribution in [3.05, 3.63) is 35.4 Å². The summed E-state index contributed by atoms with van der Waals surface area (Å²) >= 11 is 0. The minimum atomic E-state index is -1.43. The smallest absolute Gasteiger partial charge is 0.324 e. The average molecular weight is 413 g/mol. The van der Waals surface area contributed by atoms with Crippen LogP contribution in [-0.4, -0.2) is 39.4 Å². The molecule has 4 atom stereocenters. The number of carbonyl (C=O) groups is 3. The molecule has 2 amide bonds. The van der Waals surface area contributed by atoms with Gasteiger partial charge in [0.25, 0.3) is 0 Å². The van der Waals surface area contributed by atoms with Gasteiger partial charge in [0.1, 0.15) is 5.54 Å². The number of carboxylic acids is 1. The van der Waals surface area contributed by atoms with E-state index >= 15 is 0 Å². The molecule has 4 rings (SSSR count). The number of nitrogens with zero attached hydrogens (tertiary/aromatic N) is 1. The van der Waals surface area contributed by atoms with Gasteiger partial charge in [0.15, 0.2) is 0 Å². The number of imide groups is 1. The van der Waals surface area contributed by atoms with Gasteiger partial charge in [-0.15, -0.1) is 0 Å². The quantitative estimate of drug-likeness (QED) is 0.724. The molecule has 0 aromatic heterocycles. The van der Waals surface area contributed by atoms with Crippen LogP contribution in [0.25, 0.3) is 0 Å². The van der Waals surface area contributed by atoms with E-state index in [0.717, 1.165) is 43.2 Å². The molecule has 2 saturated heterocycles. The Balaban J connectivity index is 1.82. The molecule has 30 heavy (non-hydrogen) atoms. The molecule has 2 heterocycles. The van der Waals surface area contributed by atoms with Crippen LogP contribution < -0.4 is 5.32 Å². The fourth-order valence-electron chi connectivity index (χ4n) is 6.04. The number of carboxylic acid groups (broad SMARTS) is 1. The van der Waals surface area contributed by atoms with Crippen LogP contribution in [0.3, 0.4) is 0 Å². The van der Waals surface area contributed by atoms with Crippen LogP contribution >= 0.6 is 0 Å². The van der Waals surface area contributed by atoms with Crippen LogP contribution in [0.1, 0.15) is 69.5 Å². The van der Waals surface area contributed by atoms with E-state index in [1.807, 2.05) is 45.0 Å². The van der Waals surface area contributed by atoms with Crippen molar-refractivity contribution in [3.8, 4) is 0 Å². The molecule has 1 aliphatic carbocycles. The zero-order chi connectivity index (χ0) is 21.6. The van der Waals surface area contributed by atoms with Crippen molar-refractivity contribution in [2.75, 3.05) is 0 Å². The Hall–Kier alpha value is -2.21. The van der Waals surface area contributed by atoms with Crippen molar-refractivity contribution in [1.29, 1.82) is 0 Å². The van der Waals surface area contributed by atoms with E-state index in [0.29, 0.717) is 6.42 Å². The van der Waals surface area contributed by atoms with E-state index in [-0.39, 0.29) is 23.8 Å². The summed E-state index contributed by atoms with van der Waals surface area (Å²) in [5.74, 6) is -2.98. The lowest BCUT2D eigenvalue weighted by Crippen LogP contribution is -2.57. The summed E-state index contributed by atoms with van der Waals surface area (Å²) in [7, 11) is 0. The molecular formula is C24H32N2O4. The Bertz CT molecular complexity index is 861. The van der Waals surface area contributed by atoms with E-state index < -0.39 is 29.4 Å². The fraction of sp³-hybridized carbons (Fsp3) is 0.625. The summed E-state index contributed by atoms with van der Waals surface area (Å²) in [4.78, 5) is 41.4. The molecule has 0 bridgehead atoms. The topological polar surface area (TPSA) is 86.7 Å². The maximum absolute atomic E-state index is 13.7. The van der Waals surface area contributed by atoms with Crippen molar-refractivity contribution >= 4 is 17.8 Å². The highest BCUT2D eigenvalue weighted by Gasteiger charge is 2.69. The summed E-state index contributed by atoms with van der Waals surface area (Å²) in [5, 5.41) is 13.7. The molecule has 0 spiro atoms. The molecule has 1 aromatic carbocycles. The molecule has 4 unspecified atom stereocenters. The normalized spacial score (nSPS) is 32.1. The minimum absolute atomic E-state index is 0.0662. The largest absolute Gasteiger partial charge is 0.480 e. The first kappa shape index (κ1) is 21.0. The van der Waals surface area contributed by atoms with E-state index in [1.165, 1.54) is 4.90 Å². The fourth-order valence-corrected chi connectivity index (χ4v) is 6.04. The van der Waals surface area contributed by atoms with Crippen molar-refractivity contribution in [3.63, 3.8) is 0 Å². The number of aliphatic carboxylic acids is 1. The number of fused-ring (bicyclic) bond motifs is 1. The van der Waals surface area contributed by atoms with Crippen LogP contribution in [0, 0.1) is 24.7 Å². The Kier molecular flexibility index (Phi) is 5.47. The Morgan fingerprint density at radius 1 is 1.17 bits per heavy atom. The van der Waals surface area contributed by atoms with Gasteiger partial charge in [-0.25, -0.2) is 0 Å². The van der Waals surface area contributed by atoms with Gasteiger partial charge in [-0.2, -0.15) is 0 Å². The first-order valence-electron chi connectivity index (χ1n) is 11.2. The molecule has 3 aliphatic rings. The number of rotatable bonds is 5. The summed E-state index contributed by atoms with van der Waals surface area (Å²) in [6, 6.07) is 7.18. The number of likely N-dealkylation sites (tertiary alicyclic amines) is 1. The highest BCUT2D eigenvalue weighted by Crippen LogP contribution is 2.52. The SMILES string of the molecule is Cc1ccccc1C1NC(CC(C)C)(C(=O)O)C2C(=O)N(C3CCCCC3)C(=O)C12. The first-order chi connectivity index (χ1) is 14.3. The van der Waals surface area contributed by atoms with Gasteiger partial charge in [0, 0.05) is 12.1 Å². The van der Waals surface area contributed by atoms with Crippen molar-refractivity contribution in [2.24, 2.45) is 17.8 Å². The highest BCUT2D eigenvalue weighted by atomic mass is 16.4. The minimum Gasteiger partial charge on any atom is -0.480 e. The van der Waals surface area contributed by atoms with E-state index in [9.17, 15) is 19.5 Å². The molecule has 2 N–H and O–H groups in total. The molecule has 0 radical (unpaired) electrons. The molecule has 2 aliphatic heterocycles.